The van der Waals surface area contributed by atoms with Gasteiger partial charge in [-0.2, -0.15) is 0 Å². The molecule has 0 spiro atoms. The molecule has 2 rings (SSSR count). The number of amides is 1. The molecule has 24 heavy (non-hydrogen) atoms. The van der Waals surface area contributed by atoms with E-state index in [2.05, 4.69) is 20.5 Å². The van der Waals surface area contributed by atoms with Crippen LogP contribution >= 0.6 is 23.2 Å². The van der Waals surface area contributed by atoms with Crippen molar-refractivity contribution in [3.8, 4) is 0 Å². The quantitative estimate of drug-likeness (QED) is 0.727. The standard InChI is InChI=1S/C17H20Cl2N4O/c1-23(2)7-3-6-21-14-8-12(10-20-11-14)17(24)22-13-4-5-15(18)16(19)9-13/h4-5,8-11,21H,3,6-7H2,1-2H3,(H,22,24). The molecule has 0 saturated carbocycles. The van der Waals surface area contributed by atoms with Gasteiger partial charge in [-0.05, 0) is 51.3 Å². The molecule has 0 fully saturated rings. The number of anilines is 2. The maximum atomic E-state index is 12.3. The van der Waals surface area contributed by atoms with Crippen LogP contribution in [-0.4, -0.2) is 43.0 Å². The van der Waals surface area contributed by atoms with Gasteiger partial charge in [0.05, 0.1) is 21.3 Å². The molecule has 1 aromatic heterocycles. The minimum absolute atomic E-state index is 0.252. The normalized spacial score (nSPS) is 10.7. The van der Waals surface area contributed by atoms with E-state index in [0.717, 1.165) is 25.2 Å². The number of rotatable bonds is 7. The summed E-state index contributed by atoms with van der Waals surface area (Å²) in [7, 11) is 4.07. The maximum absolute atomic E-state index is 12.3. The molecule has 0 saturated heterocycles. The first-order valence-corrected chi connectivity index (χ1v) is 8.31. The fourth-order valence-electron chi connectivity index (χ4n) is 2.07. The highest BCUT2D eigenvalue weighted by molar-refractivity contribution is 6.42. The van der Waals surface area contributed by atoms with E-state index in [-0.39, 0.29) is 5.91 Å². The molecule has 0 bridgehead atoms. The Hall–Kier alpha value is -1.82. The van der Waals surface area contributed by atoms with Crippen LogP contribution in [0.15, 0.2) is 36.7 Å². The zero-order valence-electron chi connectivity index (χ0n) is 13.6. The lowest BCUT2D eigenvalue weighted by Gasteiger charge is -2.11. The van der Waals surface area contributed by atoms with Gasteiger partial charge in [0.25, 0.3) is 5.91 Å². The predicted molar refractivity (Wildman–Crippen MR) is 100 cm³/mol. The Kier molecular flexibility index (Phi) is 6.85. The summed E-state index contributed by atoms with van der Waals surface area (Å²) >= 11 is 11.8. The molecule has 1 heterocycles. The van der Waals surface area contributed by atoms with Crippen molar-refractivity contribution in [1.29, 1.82) is 0 Å². The molecule has 0 aliphatic rings. The maximum Gasteiger partial charge on any atom is 0.257 e. The van der Waals surface area contributed by atoms with E-state index >= 15 is 0 Å². The Morgan fingerprint density at radius 3 is 2.62 bits per heavy atom. The smallest absolute Gasteiger partial charge is 0.257 e. The second kappa shape index (κ2) is 8.87. The third-order valence-electron chi connectivity index (χ3n) is 3.29. The van der Waals surface area contributed by atoms with Crippen molar-refractivity contribution < 1.29 is 4.79 Å². The van der Waals surface area contributed by atoms with Gasteiger partial charge in [-0.1, -0.05) is 23.2 Å². The van der Waals surface area contributed by atoms with E-state index in [4.69, 9.17) is 23.2 Å². The first kappa shape index (κ1) is 18.5. The number of carbonyl (C=O) groups is 1. The molecule has 2 N–H and O–H groups in total. The Balaban J connectivity index is 1.96. The van der Waals surface area contributed by atoms with E-state index < -0.39 is 0 Å². The lowest BCUT2D eigenvalue weighted by molar-refractivity contribution is 0.102. The molecule has 0 aliphatic heterocycles. The van der Waals surface area contributed by atoms with E-state index in [1.165, 1.54) is 6.20 Å². The van der Waals surface area contributed by atoms with Gasteiger partial charge in [0.15, 0.2) is 0 Å². The molecule has 1 amide bonds. The molecule has 1 aromatic carbocycles. The number of hydrogen-bond donors (Lipinski definition) is 2. The molecule has 2 aromatic rings. The van der Waals surface area contributed by atoms with Crippen molar-refractivity contribution in [3.63, 3.8) is 0 Å². The summed E-state index contributed by atoms with van der Waals surface area (Å²) in [5.74, 6) is -0.252. The van der Waals surface area contributed by atoms with Crippen LogP contribution in [0.5, 0.6) is 0 Å². The van der Waals surface area contributed by atoms with Crippen LogP contribution in [0.3, 0.4) is 0 Å². The zero-order valence-corrected chi connectivity index (χ0v) is 15.2. The number of nitrogens with one attached hydrogen (secondary N) is 2. The summed E-state index contributed by atoms with van der Waals surface area (Å²) < 4.78 is 0. The molecule has 5 nitrogen and oxygen atoms in total. The first-order chi connectivity index (χ1) is 11.5. The molecule has 7 heteroatoms. The first-order valence-electron chi connectivity index (χ1n) is 7.56. The summed E-state index contributed by atoms with van der Waals surface area (Å²) in [6.45, 7) is 1.82. The van der Waals surface area contributed by atoms with Crippen molar-refractivity contribution in [3.05, 3.63) is 52.3 Å². The topological polar surface area (TPSA) is 57.3 Å². The van der Waals surface area contributed by atoms with Gasteiger partial charge >= 0.3 is 0 Å². The number of hydrogen-bond acceptors (Lipinski definition) is 4. The van der Waals surface area contributed by atoms with Gasteiger partial charge in [0.2, 0.25) is 0 Å². The summed E-state index contributed by atoms with van der Waals surface area (Å²) in [4.78, 5) is 18.6. The average molecular weight is 367 g/mol. The monoisotopic (exact) mass is 366 g/mol. The largest absolute Gasteiger partial charge is 0.384 e. The van der Waals surface area contributed by atoms with Crippen molar-refractivity contribution in [1.82, 2.24) is 9.88 Å². The van der Waals surface area contributed by atoms with Crippen LogP contribution in [0.4, 0.5) is 11.4 Å². The SMILES string of the molecule is CN(C)CCCNc1cncc(C(=O)Nc2ccc(Cl)c(Cl)c2)c1. The molecule has 0 atom stereocenters. The number of aromatic nitrogens is 1. The van der Waals surface area contributed by atoms with Crippen LogP contribution in [0, 0.1) is 0 Å². The van der Waals surface area contributed by atoms with Crippen LogP contribution < -0.4 is 10.6 Å². The van der Waals surface area contributed by atoms with Gasteiger partial charge in [0, 0.05) is 24.6 Å². The Morgan fingerprint density at radius 1 is 1.12 bits per heavy atom. The van der Waals surface area contributed by atoms with Gasteiger partial charge in [-0.25, -0.2) is 0 Å². The van der Waals surface area contributed by atoms with Gasteiger partial charge in [0.1, 0.15) is 0 Å². The number of nitrogens with zero attached hydrogens (tertiary/aromatic N) is 2. The van der Waals surface area contributed by atoms with Gasteiger partial charge in [-0.15, -0.1) is 0 Å². The van der Waals surface area contributed by atoms with E-state index in [1.807, 2.05) is 14.1 Å². The van der Waals surface area contributed by atoms with Crippen molar-refractivity contribution in [2.24, 2.45) is 0 Å². The lowest BCUT2D eigenvalue weighted by Crippen LogP contribution is -2.17. The second-order valence-electron chi connectivity index (χ2n) is 5.63. The number of benzene rings is 1. The average Bonchev–Trinajstić information content (AvgIpc) is 2.55. The molecule has 0 aliphatic carbocycles. The van der Waals surface area contributed by atoms with Crippen LogP contribution in [0.1, 0.15) is 16.8 Å². The van der Waals surface area contributed by atoms with Gasteiger partial charge < -0.3 is 15.5 Å². The molecule has 0 unspecified atom stereocenters. The Morgan fingerprint density at radius 2 is 1.92 bits per heavy atom. The van der Waals surface area contributed by atoms with Crippen LogP contribution in [0.2, 0.25) is 10.0 Å². The number of carbonyl (C=O) groups excluding carboxylic acids is 1. The third-order valence-corrected chi connectivity index (χ3v) is 4.03. The minimum atomic E-state index is -0.252. The van der Waals surface area contributed by atoms with Crippen molar-refractivity contribution in [2.75, 3.05) is 37.8 Å². The summed E-state index contributed by atoms with van der Waals surface area (Å²) in [5, 5.41) is 6.88. The fraction of sp³-hybridized carbons (Fsp3) is 0.294. The second-order valence-corrected chi connectivity index (χ2v) is 6.44. The fourth-order valence-corrected chi connectivity index (χ4v) is 2.36. The number of pyridine rings is 1. The van der Waals surface area contributed by atoms with Crippen molar-refractivity contribution in [2.45, 2.75) is 6.42 Å². The third kappa shape index (κ3) is 5.67. The van der Waals surface area contributed by atoms with Crippen LogP contribution in [0.25, 0.3) is 0 Å². The van der Waals surface area contributed by atoms with Crippen molar-refractivity contribution >= 4 is 40.5 Å². The predicted octanol–water partition coefficient (Wildman–Crippen LogP) is 4.00. The highest BCUT2D eigenvalue weighted by atomic mass is 35.5. The highest BCUT2D eigenvalue weighted by Gasteiger charge is 2.09. The highest BCUT2D eigenvalue weighted by Crippen LogP contribution is 2.25. The molecular weight excluding hydrogens is 347 g/mol. The van der Waals surface area contributed by atoms with E-state index in [1.54, 1.807) is 30.5 Å². The molecular formula is C17H20Cl2N4O. The van der Waals surface area contributed by atoms with E-state index in [9.17, 15) is 4.79 Å². The van der Waals surface area contributed by atoms with Gasteiger partial charge in [-0.3, -0.25) is 9.78 Å². The van der Waals surface area contributed by atoms with Crippen LogP contribution in [-0.2, 0) is 0 Å². The lowest BCUT2D eigenvalue weighted by atomic mass is 10.2. The number of halogens is 2. The summed E-state index contributed by atoms with van der Waals surface area (Å²) in [6, 6.07) is 6.72. The summed E-state index contributed by atoms with van der Waals surface area (Å²) in [5.41, 5.74) is 1.87. The Bertz CT molecular complexity index is 707. The molecule has 0 radical (unpaired) electrons. The summed E-state index contributed by atoms with van der Waals surface area (Å²) in [6.07, 6.45) is 4.23. The Labute approximate surface area is 152 Å². The van der Waals surface area contributed by atoms with E-state index in [0.29, 0.717) is 21.3 Å². The zero-order chi connectivity index (χ0) is 17.5. The molecule has 128 valence electrons. The minimum Gasteiger partial charge on any atom is -0.384 e.